The van der Waals surface area contributed by atoms with Gasteiger partial charge in [-0.2, -0.15) is 0 Å². The maximum absolute atomic E-state index is 14.1. The summed E-state index contributed by atoms with van der Waals surface area (Å²) in [5, 5.41) is 12.1. The van der Waals surface area contributed by atoms with Crippen LogP contribution in [0.5, 0.6) is 11.5 Å². The van der Waals surface area contributed by atoms with Gasteiger partial charge in [0.1, 0.15) is 23.1 Å². The van der Waals surface area contributed by atoms with Crippen LogP contribution in [0.2, 0.25) is 5.02 Å². The van der Waals surface area contributed by atoms with E-state index in [-0.39, 0.29) is 22.0 Å². The number of ether oxygens (including phenoxy) is 3. The Labute approximate surface area is 207 Å². The van der Waals surface area contributed by atoms with Gasteiger partial charge in [0.25, 0.3) is 0 Å². The Kier molecular flexibility index (Phi) is 5.49. The number of Topliss-reactive ketones (excluding diaryl/α,β-unsaturated/α-hetero) is 1. The van der Waals surface area contributed by atoms with E-state index < -0.39 is 46.9 Å². The molecule has 1 unspecified atom stereocenters. The fraction of sp³-hybridized carbons (Fsp3) is 0.240. The van der Waals surface area contributed by atoms with Crippen molar-refractivity contribution in [3.63, 3.8) is 0 Å². The molecule has 1 aliphatic heterocycles. The zero-order chi connectivity index (χ0) is 25.9. The highest BCUT2D eigenvalue weighted by Gasteiger charge is 2.77. The molecule has 2 aromatic carbocycles. The number of methoxy groups -OCH3 is 1. The molecular weight excluding hydrogens is 503 g/mol. The monoisotopic (exact) mass is 519 g/mol. The number of pyridine rings is 1. The van der Waals surface area contributed by atoms with Crippen molar-refractivity contribution in [2.75, 3.05) is 7.11 Å². The lowest BCUT2D eigenvalue weighted by Crippen LogP contribution is -2.51. The van der Waals surface area contributed by atoms with Crippen molar-refractivity contribution in [1.29, 1.82) is 0 Å². The van der Waals surface area contributed by atoms with Crippen molar-refractivity contribution in [1.82, 2.24) is 4.98 Å². The molecule has 4 atom stereocenters. The maximum atomic E-state index is 14.1. The first kappa shape index (κ1) is 24.1. The van der Waals surface area contributed by atoms with Crippen LogP contribution in [0.1, 0.15) is 22.7 Å². The Bertz CT molecular complexity index is 1350. The lowest BCUT2D eigenvalue weighted by Gasteiger charge is -2.38. The number of esters is 1. The van der Waals surface area contributed by atoms with Gasteiger partial charge in [-0.05, 0) is 17.7 Å². The number of carbonyl (C=O) groups excluding carboxylic acids is 2. The third kappa shape index (κ3) is 3.43. The highest BCUT2D eigenvalue weighted by atomic mass is 35.5. The lowest BCUT2D eigenvalue weighted by atomic mass is 9.75. The number of alkyl halides is 3. The van der Waals surface area contributed by atoms with Crippen molar-refractivity contribution in [2.24, 2.45) is 5.92 Å². The average Bonchev–Trinajstić information content (AvgIpc) is 2.97. The van der Waals surface area contributed by atoms with Crippen molar-refractivity contribution in [2.45, 2.75) is 23.5 Å². The van der Waals surface area contributed by atoms with Crippen LogP contribution in [-0.4, -0.2) is 35.3 Å². The second-order valence-corrected chi connectivity index (χ2v) is 8.83. The molecule has 0 amide bonds. The van der Waals surface area contributed by atoms with Gasteiger partial charge in [0.05, 0.1) is 18.1 Å². The predicted molar refractivity (Wildman–Crippen MR) is 118 cm³/mol. The molecule has 1 saturated carbocycles. The zero-order valence-electron chi connectivity index (χ0n) is 18.5. The molecule has 2 aliphatic rings. The number of ketones is 1. The van der Waals surface area contributed by atoms with E-state index in [1.54, 1.807) is 30.3 Å². The summed E-state index contributed by atoms with van der Waals surface area (Å²) in [6.45, 7) is 0. The molecule has 1 N–H and O–H groups in total. The minimum Gasteiger partial charge on any atom is -0.472 e. The zero-order valence-corrected chi connectivity index (χ0v) is 19.2. The summed E-state index contributed by atoms with van der Waals surface area (Å²) in [6, 6.07) is 14.2. The fourth-order valence-corrected chi connectivity index (χ4v) is 5.31. The van der Waals surface area contributed by atoms with E-state index in [2.05, 4.69) is 9.72 Å². The summed E-state index contributed by atoms with van der Waals surface area (Å²) < 4.78 is 53.4. The molecule has 0 spiro atoms. The van der Waals surface area contributed by atoms with Gasteiger partial charge >= 0.3 is 12.3 Å². The van der Waals surface area contributed by atoms with Gasteiger partial charge in [-0.1, -0.05) is 54.1 Å². The Hall–Kier alpha value is -3.63. The first-order valence-electron chi connectivity index (χ1n) is 10.6. The smallest absolute Gasteiger partial charge is 0.472 e. The van der Waals surface area contributed by atoms with Gasteiger partial charge in [-0.3, -0.25) is 14.6 Å². The van der Waals surface area contributed by atoms with E-state index in [0.29, 0.717) is 5.56 Å². The number of benzene rings is 2. The molecule has 186 valence electrons. The minimum absolute atomic E-state index is 0.0486. The van der Waals surface area contributed by atoms with Gasteiger partial charge in [0.15, 0.2) is 5.60 Å². The summed E-state index contributed by atoms with van der Waals surface area (Å²) in [5.41, 5.74) is -4.19. The van der Waals surface area contributed by atoms with Crippen LogP contribution < -0.4 is 9.47 Å². The number of fused-ring (bicyclic) bond motifs is 4. The molecule has 0 radical (unpaired) electrons. The SMILES string of the molecule is COC(=O)[C@H]1[C@@H](c2ccccc2)C2(c3ccc(OC(F)(F)F)cc3)Oc3cc(Cl)cnc3[C@@]1(O)C2=O. The summed E-state index contributed by atoms with van der Waals surface area (Å²) in [4.78, 5) is 31.4. The van der Waals surface area contributed by atoms with Gasteiger partial charge in [0.2, 0.25) is 11.4 Å². The van der Waals surface area contributed by atoms with E-state index in [4.69, 9.17) is 21.1 Å². The molecule has 7 nitrogen and oxygen atoms in total. The number of aromatic nitrogens is 1. The van der Waals surface area contributed by atoms with Crippen LogP contribution in [0.3, 0.4) is 0 Å². The molecule has 36 heavy (non-hydrogen) atoms. The van der Waals surface area contributed by atoms with Crippen LogP contribution in [0.15, 0.2) is 66.9 Å². The molecule has 2 bridgehead atoms. The van der Waals surface area contributed by atoms with Crippen LogP contribution in [-0.2, 0) is 25.5 Å². The van der Waals surface area contributed by atoms with Crippen LogP contribution >= 0.6 is 11.6 Å². The Balaban J connectivity index is 1.80. The predicted octanol–water partition coefficient (Wildman–Crippen LogP) is 4.26. The third-order valence-corrected chi connectivity index (χ3v) is 6.69. The van der Waals surface area contributed by atoms with Crippen molar-refractivity contribution in [3.05, 3.63) is 88.7 Å². The van der Waals surface area contributed by atoms with Crippen LogP contribution in [0.4, 0.5) is 13.2 Å². The van der Waals surface area contributed by atoms with E-state index in [1.807, 2.05) is 0 Å². The second kappa shape index (κ2) is 8.21. The topological polar surface area (TPSA) is 95.0 Å². The molecule has 5 rings (SSSR count). The number of hydrogen-bond acceptors (Lipinski definition) is 7. The number of aliphatic hydroxyl groups is 1. The molecule has 2 heterocycles. The van der Waals surface area contributed by atoms with E-state index in [9.17, 15) is 27.9 Å². The normalized spacial score (nSPS) is 26.7. The number of rotatable bonds is 4. The Morgan fingerprint density at radius 2 is 1.81 bits per heavy atom. The quantitative estimate of drug-likeness (QED) is 0.514. The average molecular weight is 520 g/mol. The number of hydrogen-bond donors (Lipinski definition) is 1. The molecule has 1 fully saturated rings. The van der Waals surface area contributed by atoms with Gasteiger partial charge < -0.3 is 19.3 Å². The van der Waals surface area contributed by atoms with Gasteiger partial charge in [-0.25, -0.2) is 0 Å². The number of carbonyl (C=O) groups is 2. The first-order chi connectivity index (χ1) is 17.0. The van der Waals surface area contributed by atoms with E-state index >= 15 is 0 Å². The fourth-order valence-electron chi connectivity index (χ4n) is 5.16. The Morgan fingerprint density at radius 1 is 1.14 bits per heavy atom. The maximum Gasteiger partial charge on any atom is 0.573 e. The summed E-state index contributed by atoms with van der Waals surface area (Å²) >= 11 is 6.10. The van der Waals surface area contributed by atoms with Crippen molar-refractivity contribution in [3.8, 4) is 11.5 Å². The highest BCUT2D eigenvalue weighted by Crippen LogP contribution is 2.64. The second-order valence-electron chi connectivity index (χ2n) is 8.39. The van der Waals surface area contributed by atoms with Gasteiger partial charge in [0, 0.05) is 17.8 Å². The van der Waals surface area contributed by atoms with Gasteiger partial charge in [-0.15, -0.1) is 13.2 Å². The summed E-state index contributed by atoms with van der Waals surface area (Å²) in [5.74, 6) is -5.03. The molecule has 1 aromatic heterocycles. The van der Waals surface area contributed by atoms with Crippen LogP contribution in [0.25, 0.3) is 0 Å². The van der Waals surface area contributed by atoms with Crippen molar-refractivity contribution < 1.29 is 42.1 Å². The standard InChI is InChI=1S/C25H17ClF3NO6/c1-34-21(31)19-18(13-5-3-2-4-6-13)24(14-7-9-16(10-8-14)35-25(27,28)29)22(32)23(19,33)20-17(36-24)11-15(26)12-30-20/h2-12,18-19,33H,1H3/t18-,19-,23-,24?/m1/s1. The van der Waals surface area contributed by atoms with E-state index in [0.717, 1.165) is 19.2 Å². The van der Waals surface area contributed by atoms with Crippen molar-refractivity contribution >= 4 is 23.4 Å². The number of halogens is 4. The number of nitrogens with zero attached hydrogens (tertiary/aromatic N) is 1. The largest absolute Gasteiger partial charge is 0.573 e. The molecule has 0 saturated heterocycles. The Morgan fingerprint density at radius 3 is 2.42 bits per heavy atom. The minimum atomic E-state index is -4.92. The summed E-state index contributed by atoms with van der Waals surface area (Å²) in [6.07, 6.45) is -3.72. The molecule has 1 aliphatic carbocycles. The summed E-state index contributed by atoms with van der Waals surface area (Å²) in [7, 11) is 1.12. The molecule has 11 heteroatoms. The molecule has 3 aromatic rings. The van der Waals surface area contributed by atoms with Crippen LogP contribution in [0, 0.1) is 5.92 Å². The van der Waals surface area contributed by atoms with E-state index in [1.165, 1.54) is 24.4 Å². The highest BCUT2D eigenvalue weighted by molar-refractivity contribution is 6.30. The third-order valence-electron chi connectivity index (χ3n) is 6.49. The lowest BCUT2D eigenvalue weighted by molar-refractivity contribution is -0.274. The molecular formula is C25H17ClF3NO6. The first-order valence-corrected chi connectivity index (χ1v) is 11.0.